The third kappa shape index (κ3) is 17.1. The number of carbonyl (C=O) groups excluding carboxylic acids is 5. The van der Waals surface area contributed by atoms with Crippen molar-refractivity contribution in [3.63, 3.8) is 0 Å². The molecule has 16 heteroatoms. The van der Waals surface area contributed by atoms with Crippen LogP contribution in [0.15, 0.2) is 58.5 Å². The number of carbonyl (C=O) groups is 5. The van der Waals surface area contributed by atoms with Crippen molar-refractivity contribution in [2.24, 2.45) is 9.98 Å². The largest absolute Gasteiger partial charge is 0.444 e. The molecule has 0 bridgehead atoms. The van der Waals surface area contributed by atoms with Gasteiger partial charge in [-0.3, -0.25) is 15.4 Å². The van der Waals surface area contributed by atoms with Gasteiger partial charge in [-0.05, 0) is 143 Å². The highest BCUT2D eigenvalue weighted by Crippen LogP contribution is 2.28. The summed E-state index contributed by atoms with van der Waals surface area (Å²) in [5, 5.41) is 10.9. The van der Waals surface area contributed by atoms with Crippen LogP contribution in [-0.2, 0) is 25.5 Å². The SMILES string of the molecule is Cc1cc(NC(=O)c2ccc(CNC(=NC(=O)OC(C)(C)C)NC(=O)OC(C)(C)C)cc2)ccc1C1=CCN(C(=NC(=O)OC(C)(C)C)NC(=O)OC(C)(C)C)CC1. The maximum Gasteiger partial charge on any atom is 0.437 e. The second kappa shape index (κ2) is 19.0. The number of aliphatic imine (C=N–C) groups is 2. The van der Waals surface area contributed by atoms with Crippen molar-refractivity contribution in [2.45, 2.75) is 125 Å². The molecule has 0 atom stereocenters. The molecule has 2 aromatic rings. The predicted octanol–water partition coefficient (Wildman–Crippen LogP) is 8.06. The summed E-state index contributed by atoms with van der Waals surface area (Å²) >= 11 is 0. The topological polar surface area (TPSA) is 198 Å². The lowest BCUT2D eigenvalue weighted by molar-refractivity contribution is 0.0539. The van der Waals surface area contributed by atoms with E-state index < -0.39 is 46.8 Å². The van der Waals surface area contributed by atoms with E-state index in [2.05, 4.69) is 31.3 Å². The van der Waals surface area contributed by atoms with Crippen LogP contribution in [0.3, 0.4) is 0 Å². The van der Waals surface area contributed by atoms with Gasteiger partial charge in [-0.2, -0.15) is 0 Å². The molecule has 0 spiro atoms. The summed E-state index contributed by atoms with van der Waals surface area (Å²) in [5.74, 6) is -0.436. The summed E-state index contributed by atoms with van der Waals surface area (Å²) in [5.41, 5.74) is 1.68. The Bertz CT molecular complexity index is 1930. The van der Waals surface area contributed by atoms with Gasteiger partial charge in [0.25, 0.3) is 5.91 Å². The number of rotatable bonds is 5. The first kappa shape index (κ1) is 46.5. The molecule has 0 radical (unpaired) electrons. The smallest absolute Gasteiger partial charge is 0.437 e. The number of aryl methyl sites for hydroxylation is 1. The van der Waals surface area contributed by atoms with E-state index in [1.54, 1.807) is 112 Å². The first-order valence-electron chi connectivity index (χ1n) is 19.0. The van der Waals surface area contributed by atoms with Crippen LogP contribution in [-0.4, -0.2) is 82.6 Å². The summed E-state index contributed by atoms with van der Waals surface area (Å²) in [6.07, 6.45) is -0.680. The van der Waals surface area contributed by atoms with Crippen LogP contribution < -0.4 is 21.3 Å². The van der Waals surface area contributed by atoms with Crippen LogP contribution in [0.1, 0.15) is 117 Å². The Morgan fingerprint density at radius 3 is 1.72 bits per heavy atom. The minimum Gasteiger partial charge on any atom is -0.444 e. The molecule has 2 aromatic carbocycles. The highest BCUT2D eigenvalue weighted by molar-refractivity contribution is 6.04. The Balaban J connectivity index is 1.67. The molecule has 0 unspecified atom stereocenters. The van der Waals surface area contributed by atoms with Crippen molar-refractivity contribution in [1.29, 1.82) is 0 Å². The number of guanidine groups is 2. The molecule has 0 aliphatic carbocycles. The van der Waals surface area contributed by atoms with E-state index in [1.807, 2.05) is 31.2 Å². The fraction of sp³-hybridized carbons (Fsp3) is 0.500. The Morgan fingerprint density at radius 1 is 0.690 bits per heavy atom. The lowest BCUT2D eigenvalue weighted by Gasteiger charge is -2.30. The maximum absolute atomic E-state index is 13.2. The van der Waals surface area contributed by atoms with Crippen molar-refractivity contribution >= 4 is 53.5 Å². The minimum atomic E-state index is -0.895. The van der Waals surface area contributed by atoms with Crippen molar-refractivity contribution < 1.29 is 42.9 Å². The summed E-state index contributed by atoms with van der Waals surface area (Å²) < 4.78 is 21.3. The number of nitrogens with zero attached hydrogens (tertiary/aromatic N) is 3. The highest BCUT2D eigenvalue weighted by atomic mass is 16.6. The number of benzene rings is 2. The highest BCUT2D eigenvalue weighted by Gasteiger charge is 2.26. The zero-order valence-corrected chi connectivity index (χ0v) is 36.0. The van der Waals surface area contributed by atoms with E-state index in [-0.39, 0.29) is 24.4 Å². The quantitative estimate of drug-likeness (QED) is 0.130. The van der Waals surface area contributed by atoms with E-state index >= 15 is 0 Å². The molecule has 5 amide bonds. The van der Waals surface area contributed by atoms with Crippen LogP contribution >= 0.6 is 0 Å². The number of nitrogens with one attached hydrogen (secondary N) is 4. The van der Waals surface area contributed by atoms with Crippen LogP contribution in [0, 0.1) is 6.92 Å². The molecule has 3 rings (SSSR count). The second-order valence-corrected chi connectivity index (χ2v) is 17.6. The second-order valence-electron chi connectivity index (χ2n) is 17.6. The van der Waals surface area contributed by atoms with Crippen LogP contribution in [0.25, 0.3) is 5.57 Å². The van der Waals surface area contributed by atoms with Gasteiger partial charge in [0.1, 0.15) is 22.4 Å². The maximum atomic E-state index is 13.2. The molecule has 1 heterocycles. The van der Waals surface area contributed by atoms with E-state index in [9.17, 15) is 24.0 Å². The third-order valence-corrected chi connectivity index (χ3v) is 7.43. The Labute approximate surface area is 341 Å². The first-order valence-corrected chi connectivity index (χ1v) is 19.0. The molecule has 0 aromatic heterocycles. The fourth-order valence-electron chi connectivity index (χ4n) is 5.20. The van der Waals surface area contributed by atoms with Gasteiger partial charge in [0.15, 0.2) is 0 Å². The van der Waals surface area contributed by atoms with Crippen molar-refractivity contribution in [3.05, 3.63) is 70.8 Å². The minimum absolute atomic E-state index is 0.0323. The van der Waals surface area contributed by atoms with Gasteiger partial charge < -0.3 is 34.5 Å². The van der Waals surface area contributed by atoms with Gasteiger partial charge in [0.2, 0.25) is 11.9 Å². The van der Waals surface area contributed by atoms with E-state index in [0.29, 0.717) is 30.8 Å². The Hall–Kier alpha value is -5.93. The Morgan fingerprint density at radius 2 is 1.22 bits per heavy atom. The number of amides is 5. The molecule has 16 nitrogen and oxygen atoms in total. The van der Waals surface area contributed by atoms with Gasteiger partial charge in [-0.15, -0.1) is 9.98 Å². The van der Waals surface area contributed by atoms with Crippen LogP contribution in [0.4, 0.5) is 24.9 Å². The third-order valence-electron chi connectivity index (χ3n) is 7.43. The number of ether oxygens (including phenoxy) is 4. The molecule has 58 heavy (non-hydrogen) atoms. The first-order chi connectivity index (χ1) is 26.6. The van der Waals surface area contributed by atoms with Gasteiger partial charge in [0, 0.05) is 30.9 Å². The molecule has 1 aliphatic heterocycles. The number of hydrogen-bond acceptors (Lipinski definition) is 9. The van der Waals surface area contributed by atoms with Crippen molar-refractivity contribution in [1.82, 2.24) is 20.9 Å². The van der Waals surface area contributed by atoms with E-state index in [4.69, 9.17) is 18.9 Å². The predicted molar refractivity (Wildman–Crippen MR) is 223 cm³/mol. The molecule has 0 saturated carbocycles. The van der Waals surface area contributed by atoms with Crippen LogP contribution in [0.2, 0.25) is 0 Å². The van der Waals surface area contributed by atoms with Crippen molar-refractivity contribution in [3.8, 4) is 0 Å². The van der Waals surface area contributed by atoms with E-state index in [1.165, 1.54) is 0 Å². The summed E-state index contributed by atoms with van der Waals surface area (Å²) in [4.78, 5) is 72.9. The van der Waals surface area contributed by atoms with Crippen LogP contribution in [0.5, 0.6) is 0 Å². The molecule has 1 aliphatic rings. The summed E-state index contributed by atoms with van der Waals surface area (Å²) in [7, 11) is 0. The lowest BCUT2D eigenvalue weighted by Crippen LogP contribution is -2.48. The molecule has 0 fully saturated rings. The summed E-state index contributed by atoms with van der Waals surface area (Å²) in [6.45, 7) is 23.6. The zero-order valence-electron chi connectivity index (χ0n) is 36.0. The number of anilines is 1. The average molecular weight is 806 g/mol. The van der Waals surface area contributed by atoms with Gasteiger partial charge in [-0.25, -0.2) is 19.2 Å². The monoisotopic (exact) mass is 805 g/mol. The zero-order chi connectivity index (χ0) is 43.6. The number of hydrogen-bond donors (Lipinski definition) is 4. The molecule has 4 N–H and O–H groups in total. The number of alkyl carbamates (subject to hydrolysis) is 2. The van der Waals surface area contributed by atoms with E-state index in [0.717, 1.165) is 22.3 Å². The molecule has 316 valence electrons. The summed E-state index contributed by atoms with van der Waals surface area (Å²) in [6, 6.07) is 12.5. The van der Waals surface area contributed by atoms with Gasteiger partial charge in [0.05, 0.1) is 0 Å². The lowest BCUT2D eigenvalue weighted by atomic mass is 9.95. The molecular weight excluding hydrogens is 747 g/mol. The average Bonchev–Trinajstić information content (AvgIpc) is 3.04. The normalized spacial score (nSPS) is 14.1. The van der Waals surface area contributed by atoms with Crippen molar-refractivity contribution in [2.75, 3.05) is 18.4 Å². The molecule has 0 saturated heterocycles. The molecular formula is C42H59N7O9. The fourth-order valence-corrected chi connectivity index (χ4v) is 5.20. The standard InChI is InChI=1S/C42H59N7O9/c1-26-24-30(18-19-31(26)28-20-22-49(23-21-28)34(47-37(53)57-41(8,9)10)48-38(54)58-42(11,12)13)44-32(50)29-16-14-27(15-17-29)25-43-33(45-35(51)55-39(2,3)4)46-36(52)56-40(5,6)7/h14-20,24H,21-23,25H2,1-13H3,(H,44,50)(H,47,48,53,54)(H2,43,45,46,51,52). The van der Waals surface area contributed by atoms with Gasteiger partial charge >= 0.3 is 24.4 Å². The van der Waals surface area contributed by atoms with Gasteiger partial charge in [-0.1, -0.05) is 24.3 Å². The Kier molecular flexibility index (Phi) is 15.2.